The van der Waals surface area contributed by atoms with E-state index in [4.69, 9.17) is 0 Å². The van der Waals surface area contributed by atoms with Gasteiger partial charge in [0, 0.05) is 0 Å². The van der Waals surface area contributed by atoms with Crippen LogP contribution in [0.1, 0.15) is 55.4 Å². The number of rotatable bonds is 2. The van der Waals surface area contributed by atoms with Gasteiger partial charge in [0.25, 0.3) is 0 Å². The Morgan fingerprint density at radius 3 is 0.538 bits per heavy atom. The third-order valence-electron chi connectivity index (χ3n) is 0.402. The maximum absolute atomic E-state index is 9.47. The minimum atomic E-state index is -0.481. The molecule has 26 heavy (non-hydrogen) atoms. The van der Waals surface area contributed by atoms with E-state index < -0.39 is 11.8 Å². The van der Waals surface area contributed by atoms with E-state index in [9.17, 15) is 28.8 Å². The number of carbonyl (C=O) groups excluding carboxylic acids is 6. The van der Waals surface area contributed by atoms with Gasteiger partial charge in [0.15, 0.2) is 0 Å². The SMILES string of the molecule is C=CC(N)=O.C=CC(N)=O.CC(C)=O.CC(C)=O.CC(C)=O.CC(C)=O. The number of carbonyl (C=O) groups is 6. The lowest BCUT2D eigenvalue weighted by Gasteiger charge is -1.65. The molecule has 0 atom stereocenters. The minimum Gasteiger partial charge on any atom is -0.366 e. The highest BCUT2D eigenvalue weighted by atomic mass is 16.2. The molecule has 8 heteroatoms. The zero-order valence-electron chi connectivity index (χ0n) is 17.2. The van der Waals surface area contributed by atoms with Gasteiger partial charge in [0.2, 0.25) is 11.8 Å². The van der Waals surface area contributed by atoms with E-state index in [1.54, 1.807) is 0 Å². The fourth-order valence-electron chi connectivity index (χ4n) is 0. The molecular formula is C18H34N2O6. The summed E-state index contributed by atoms with van der Waals surface area (Å²) < 4.78 is 0. The largest absolute Gasteiger partial charge is 0.366 e. The predicted octanol–water partition coefficient (Wildman–Crippen LogP) is 1.70. The molecule has 0 aromatic rings. The van der Waals surface area contributed by atoms with Crippen LogP contribution in [0.15, 0.2) is 25.3 Å². The van der Waals surface area contributed by atoms with Crippen LogP contribution in [0.25, 0.3) is 0 Å². The lowest BCUT2D eigenvalue weighted by Crippen LogP contribution is -2.04. The van der Waals surface area contributed by atoms with Crippen molar-refractivity contribution in [2.75, 3.05) is 0 Å². The quantitative estimate of drug-likeness (QED) is 0.701. The summed E-state index contributed by atoms with van der Waals surface area (Å²) in [6.45, 7) is 18.4. The monoisotopic (exact) mass is 374 g/mol. The van der Waals surface area contributed by atoms with E-state index in [1.165, 1.54) is 55.4 Å². The van der Waals surface area contributed by atoms with E-state index in [0.717, 1.165) is 12.2 Å². The van der Waals surface area contributed by atoms with Gasteiger partial charge in [-0.2, -0.15) is 0 Å². The molecule has 0 aromatic heterocycles. The van der Waals surface area contributed by atoms with Crippen molar-refractivity contribution in [3.63, 3.8) is 0 Å². The summed E-state index contributed by atoms with van der Waals surface area (Å²) in [4.78, 5) is 56.7. The molecule has 0 heterocycles. The van der Waals surface area contributed by atoms with E-state index >= 15 is 0 Å². The Balaban J connectivity index is -0.0000000463. The molecule has 8 nitrogen and oxygen atoms in total. The molecule has 0 aliphatic carbocycles. The van der Waals surface area contributed by atoms with Crippen LogP contribution in [-0.2, 0) is 28.8 Å². The summed E-state index contributed by atoms with van der Waals surface area (Å²) in [5.74, 6) is -0.296. The zero-order chi connectivity index (χ0) is 22.9. The molecule has 0 aliphatic rings. The Bertz CT molecular complexity index is 373. The maximum Gasteiger partial charge on any atom is 0.240 e. The van der Waals surface area contributed by atoms with E-state index in [1.807, 2.05) is 0 Å². The molecule has 0 saturated carbocycles. The summed E-state index contributed by atoms with van der Waals surface area (Å²) >= 11 is 0. The van der Waals surface area contributed by atoms with Crippen LogP contribution in [0.5, 0.6) is 0 Å². The molecule has 0 aliphatic heterocycles. The Hall–Kier alpha value is -2.90. The topological polar surface area (TPSA) is 154 Å². The molecule has 0 unspecified atom stereocenters. The number of amides is 2. The average molecular weight is 374 g/mol. The lowest BCUT2D eigenvalue weighted by molar-refractivity contribution is -0.115. The molecule has 0 spiro atoms. The molecular weight excluding hydrogens is 340 g/mol. The van der Waals surface area contributed by atoms with Crippen LogP contribution in [0.3, 0.4) is 0 Å². The van der Waals surface area contributed by atoms with Gasteiger partial charge < -0.3 is 30.6 Å². The van der Waals surface area contributed by atoms with Crippen molar-refractivity contribution in [3.8, 4) is 0 Å². The molecule has 0 saturated heterocycles. The number of Topliss-reactive ketones (excluding diaryl/α,β-unsaturated/α-hetero) is 4. The van der Waals surface area contributed by atoms with Crippen molar-refractivity contribution >= 4 is 34.9 Å². The van der Waals surface area contributed by atoms with Crippen LogP contribution in [0.2, 0.25) is 0 Å². The number of primary amides is 2. The van der Waals surface area contributed by atoms with Gasteiger partial charge in [-0.25, -0.2) is 0 Å². The summed E-state index contributed by atoms with van der Waals surface area (Å²) in [7, 11) is 0. The fraction of sp³-hybridized carbons (Fsp3) is 0.444. The first-order chi connectivity index (χ1) is 11.5. The minimum absolute atomic E-state index is 0.167. The van der Waals surface area contributed by atoms with Gasteiger partial charge in [-0.15, -0.1) is 0 Å². The Kier molecular flexibility index (Phi) is 49.9. The van der Waals surface area contributed by atoms with E-state index in [2.05, 4.69) is 24.6 Å². The second-order valence-electron chi connectivity index (χ2n) is 4.85. The van der Waals surface area contributed by atoms with Crippen molar-refractivity contribution in [2.24, 2.45) is 11.5 Å². The van der Waals surface area contributed by atoms with Crippen LogP contribution >= 0.6 is 0 Å². The van der Waals surface area contributed by atoms with Gasteiger partial charge in [0.1, 0.15) is 23.1 Å². The molecule has 0 fully saturated rings. The molecule has 0 aromatic carbocycles. The van der Waals surface area contributed by atoms with Crippen molar-refractivity contribution in [2.45, 2.75) is 55.4 Å². The molecule has 0 bridgehead atoms. The van der Waals surface area contributed by atoms with Crippen LogP contribution in [-0.4, -0.2) is 34.9 Å². The summed E-state index contributed by atoms with van der Waals surface area (Å²) in [5, 5.41) is 0. The molecule has 0 rings (SSSR count). The van der Waals surface area contributed by atoms with Gasteiger partial charge in [-0.3, -0.25) is 9.59 Å². The molecule has 4 N–H and O–H groups in total. The van der Waals surface area contributed by atoms with Crippen LogP contribution < -0.4 is 11.5 Å². The Morgan fingerprint density at radius 1 is 0.500 bits per heavy atom. The summed E-state index contributed by atoms with van der Waals surface area (Å²) in [6, 6.07) is 0. The van der Waals surface area contributed by atoms with Crippen molar-refractivity contribution < 1.29 is 28.8 Å². The maximum atomic E-state index is 9.47. The number of hydrogen-bond acceptors (Lipinski definition) is 6. The third kappa shape index (κ3) is 7050. The van der Waals surface area contributed by atoms with Gasteiger partial charge in [0.05, 0.1) is 0 Å². The predicted molar refractivity (Wildman–Crippen MR) is 104 cm³/mol. The first-order valence-electron chi connectivity index (χ1n) is 7.20. The summed E-state index contributed by atoms with van der Waals surface area (Å²) in [5.41, 5.74) is 9.07. The second-order valence-corrected chi connectivity index (χ2v) is 4.85. The molecule has 152 valence electrons. The smallest absolute Gasteiger partial charge is 0.240 e. The number of hydrogen-bond donors (Lipinski definition) is 2. The molecule has 0 radical (unpaired) electrons. The van der Waals surface area contributed by atoms with Gasteiger partial charge in [-0.1, -0.05) is 13.2 Å². The standard InChI is InChI=1S/2C3H5NO.4C3H6O/c2*1-2-3(4)5;4*1-3(2)4/h2*2H,1H2,(H2,4,5);4*1-2H3. The normalized spacial score (nSPS) is 6.46. The average Bonchev–Trinajstić information content (AvgIpc) is 2.36. The van der Waals surface area contributed by atoms with Gasteiger partial charge in [-0.05, 0) is 67.5 Å². The Labute approximate surface area is 156 Å². The number of nitrogens with two attached hydrogens (primary N) is 2. The van der Waals surface area contributed by atoms with Crippen molar-refractivity contribution in [3.05, 3.63) is 25.3 Å². The highest BCUT2D eigenvalue weighted by Crippen LogP contribution is 1.52. The highest BCUT2D eigenvalue weighted by molar-refractivity contribution is 5.85. The first-order valence-corrected chi connectivity index (χ1v) is 7.20. The van der Waals surface area contributed by atoms with Crippen LogP contribution in [0, 0.1) is 0 Å². The highest BCUT2D eigenvalue weighted by Gasteiger charge is 1.70. The van der Waals surface area contributed by atoms with Crippen LogP contribution in [0.4, 0.5) is 0 Å². The Morgan fingerprint density at radius 2 is 0.538 bits per heavy atom. The zero-order valence-corrected chi connectivity index (χ0v) is 17.2. The first kappa shape index (κ1) is 38.6. The second kappa shape index (κ2) is 33.6. The van der Waals surface area contributed by atoms with E-state index in [-0.39, 0.29) is 23.1 Å². The molecule has 2 amide bonds. The number of ketones is 4. The van der Waals surface area contributed by atoms with Crippen molar-refractivity contribution in [1.82, 2.24) is 0 Å². The third-order valence-corrected chi connectivity index (χ3v) is 0.402. The van der Waals surface area contributed by atoms with E-state index in [0.29, 0.717) is 0 Å². The lowest BCUT2D eigenvalue weighted by atomic mass is 10.6. The van der Waals surface area contributed by atoms with Gasteiger partial charge >= 0.3 is 0 Å². The summed E-state index contributed by atoms with van der Waals surface area (Å²) in [6.07, 6.45) is 2.11. The van der Waals surface area contributed by atoms with Crippen molar-refractivity contribution in [1.29, 1.82) is 0 Å². The fourth-order valence-corrected chi connectivity index (χ4v) is 0.